The summed E-state index contributed by atoms with van der Waals surface area (Å²) in [5, 5.41) is 0. The molecule has 2 aromatic rings. The zero-order chi connectivity index (χ0) is 7.68. The van der Waals surface area contributed by atoms with Gasteiger partial charge >= 0.3 is 74.6 Å². The minimum atomic E-state index is 0.0892. The van der Waals surface area contributed by atoms with Crippen LogP contribution in [0.5, 0.6) is 0 Å². The molecule has 0 unspecified atom stereocenters. The van der Waals surface area contributed by atoms with E-state index in [1.807, 2.05) is 16.7 Å². The summed E-state index contributed by atoms with van der Waals surface area (Å²) in [5.41, 5.74) is 0. The number of halogens is 1. The van der Waals surface area contributed by atoms with Gasteiger partial charge in [-0.3, -0.25) is 0 Å². The molecule has 0 amide bonds. The molecule has 3 nitrogen and oxygen atoms in total. The predicted octanol–water partition coefficient (Wildman–Crippen LogP) is -2.38. The second kappa shape index (κ2) is 2.77. The van der Waals surface area contributed by atoms with Gasteiger partial charge in [-0.05, 0) is 0 Å². The molecule has 0 fully saturated rings. The van der Waals surface area contributed by atoms with Crippen molar-refractivity contribution < 1.29 is 21.2 Å². The molecule has 0 bridgehead atoms. The zero-order valence-corrected chi connectivity index (χ0v) is 8.19. The molecule has 0 radical (unpaired) electrons. The van der Waals surface area contributed by atoms with Crippen LogP contribution in [0.2, 0.25) is 0 Å². The van der Waals surface area contributed by atoms with E-state index in [-0.39, 0.29) is 21.2 Å². The molecule has 0 aliphatic heterocycles. The number of nitrogens with zero attached hydrogens (tertiary/aromatic N) is 3. The van der Waals surface area contributed by atoms with Gasteiger partial charge in [0.2, 0.25) is 0 Å². The van der Waals surface area contributed by atoms with Crippen molar-refractivity contribution in [1.82, 2.24) is 14.4 Å². The summed E-state index contributed by atoms with van der Waals surface area (Å²) in [5.74, 6) is 0.809. The number of hydrogen-bond acceptors (Lipinski definition) is 2. The molecular formula is C7H7IN3-. The molecule has 2 rings (SSSR count). The van der Waals surface area contributed by atoms with E-state index in [0.29, 0.717) is 0 Å². The Hall–Kier alpha value is -0.650. The van der Waals surface area contributed by atoms with Crippen molar-refractivity contribution in [3.63, 3.8) is 0 Å². The quantitative estimate of drug-likeness (QED) is 0.423. The summed E-state index contributed by atoms with van der Waals surface area (Å²) in [7, 11) is 0. The van der Waals surface area contributed by atoms with Gasteiger partial charge < -0.3 is 0 Å². The van der Waals surface area contributed by atoms with Crippen LogP contribution >= 0.6 is 0 Å². The first-order valence-corrected chi connectivity index (χ1v) is 6.43. The van der Waals surface area contributed by atoms with Gasteiger partial charge in [-0.1, -0.05) is 0 Å². The number of aromatic nitrogens is 3. The van der Waals surface area contributed by atoms with Gasteiger partial charge in [0, 0.05) is 0 Å². The van der Waals surface area contributed by atoms with E-state index in [1.54, 1.807) is 6.20 Å². The number of alkyl halides is 1. The summed E-state index contributed by atoms with van der Waals surface area (Å²) in [6.07, 6.45) is 5.79. The van der Waals surface area contributed by atoms with Crippen molar-refractivity contribution in [3.05, 3.63) is 28.4 Å². The van der Waals surface area contributed by atoms with E-state index < -0.39 is 0 Å². The fraction of sp³-hybridized carbons (Fsp3) is 0.143. The Labute approximate surface area is 74.7 Å². The van der Waals surface area contributed by atoms with Crippen molar-refractivity contribution in [2.75, 3.05) is 4.93 Å². The monoisotopic (exact) mass is 260 g/mol. The van der Waals surface area contributed by atoms with Crippen molar-refractivity contribution >= 4 is 5.78 Å². The molecule has 0 aromatic carbocycles. The van der Waals surface area contributed by atoms with Crippen LogP contribution < -0.4 is 21.2 Å². The van der Waals surface area contributed by atoms with Crippen LogP contribution in [0.15, 0.2) is 24.7 Å². The van der Waals surface area contributed by atoms with E-state index in [4.69, 9.17) is 0 Å². The fourth-order valence-electron chi connectivity index (χ4n) is 0.892. The van der Waals surface area contributed by atoms with E-state index in [0.717, 1.165) is 5.78 Å². The molecule has 2 aromatic heterocycles. The molecular weight excluding hydrogens is 253 g/mol. The molecule has 0 spiro atoms. The second-order valence-corrected chi connectivity index (χ2v) is 4.26. The van der Waals surface area contributed by atoms with Gasteiger partial charge in [-0.15, -0.1) is 0 Å². The Morgan fingerprint density at radius 3 is 3.18 bits per heavy atom. The average Bonchev–Trinajstić information content (AvgIpc) is 2.46. The Bertz CT molecular complexity index is 335. The van der Waals surface area contributed by atoms with E-state index in [1.165, 1.54) is 3.70 Å². The third-order valence-corrected chi connectivity index (χ3v) is 3.02. The average molecular weight is 260 g/mol. The third kappa shape index (κ3) is 1.22. The van der Waals surface area contributed by atoms with E-state index in [9.17, 15) is 0 Å². The number of fused-ring (bicyclic) bond motifs is 1. The Morgan fingerprint density at radius 2 is 2.45 bits per heavy atom. The van der Waals surface area contributed by atoms with Crippen LogP contribution in [0, 0.1) is 3.70 Å². The summed E-state index contributed by atoms with van der Waals surface area (Å²) in [6.45, 7) is 0. The van der Waals surface area contributed by atoms with Crippen LogP contribution in [-0.2, 0) is 0 Å². The summed E-state index contributed by atoms with van der Waals surface area (Å²) < 4.78 is 3.15. The van der Waals surface area contributed by atoms with Gasteiger partial charge in [0.05, 0.1) is 0 Å². The predicted molar refractivity (Wildman–Crippen MR) is 37.6 cm³/mol. The second-order valence-electron chi connectivity index (χ2n) is 2.08. The van der Waals surface area contributed by atoms with Gasteiger partial charge in [-0.2, -0.15) is 0 Å². The van der Waals surface area contributed by atoms with E-state index in [2.05, 4.69) is 21.1 Å². The summed E-state index contributed by atoms with van der Waals surface area (Å²) in [6, 6.07) is 1.91. The van der Waals surface area contributed by atoms with Crippen molar-refractivity contribution in [2.24, 2.45) is 0 Å². The van der Waals surface area contributed by atoms with Crippen molar-refractivity contribution in [1.29, 1.82) is 0 Å². The van der Waals surface area contributed by atoms with Crippen LogP contribution in [-0.4, -0.2) is 19.3 Å². The molecule has 4 heteroatoms. The molecule has 58 valence electrons. The number of imidazole rings is 1. The summed E-state index contributed by atoms with van der Waals surface area (Å²) in [4.78, 5) is 10.6. The van der Waals surface area contributed by atoms with Crippen LogP contribution in [0.25, 0.3) is 5.78 Å². The SMILES string of the molecule is C[I-]c1cn2cccnc2n1. The number of rotatable bonds is 1. The van der Waals surface area contributed by atoms with Gasteiger partial charge in [-0.25, -0.2) is 0 Å². The first-order valence-electron chi connectivity index (χ1n) is 3.19. The maximum absolute atomic E-state index is 4.33. The van der Waals surface area contributed by atoms with Gasteiger partial charge in [0.1, 0.15) is 0 Å². The Balaban J connectivity index is 2.69. The molecule has 11 heavy (non-hydrogen) atoms. The first-order chi connectivity index (χ1) is 5.40. The van der Waals surface area contributed by atoms with Crippen LogP contribution in [0.3, 0.4) is 0 Å². The van der Waals surface area contributed by atoms with Crippen molar-refractivity contribution in [2.45, 2.75) is 0 Å². The Kier molecular flexibility index (Phi) is 1.77. The first kappa shape index (κ1) is 7.02. The minimum absolute atomic E-state index is 0.0892. The molecule has 0 saturated carbocycles. The molecule has 0 aliphatic rings. The molecule has 0 N–H and O–H groups in total. The number of hydrogen-bond donors (Lipinski definition) is 0. The Morgan fingerprint density at radius 1 is 1.55 bits per heavy atom. The third-order valence-electron chi connectivity index (χ3n) is 1.40. The molecule has 0 saturated heterocycles. The van der Waals surface area contributed by atoms with Crippen LogP contribution in [0.1, 0.15) is 0 Å². The standard InChI is InChI=1S/C7H7IN3/c1-8-6-5-11-4-2-3-9-7(11)10-6/h2-5H,1H3/q-1. The maximum atomic E-state index is 4.33. The van der Waals surface area contributed by atoms with Gasteiger partial charge in [0.25, 0.3) is 0 Å². The zero-order valence-electron chi connectivity index (χ0n) is 6.03. The topological polar surface area (TPSA) is 30.2 Å². The normalized spacial score (nSPS) is 11.0. The summed E-state index contributed by atoms with van der Waals surface area (Å²) >= 11 is 0.0892. The fourth-order valence-corrected chi connectivity index (χ4v) is 1.93. The molecule has 0 atom stereocenters. The van der Waals surface area contributed by atoms with Crippen LogP contribution in [0.4, 0.5) is 0 Å². The molecule has 2 heterocycles. The van der Waals surface area contributed by atoms with Crippen molar-refractivity contribution in [3.8, 4) is 0 Å². The van der Waals surface area contributed by atoms with E-state index >= 15 is 0 Å². The molecule has 0 aliphatic carbocycles. The van der Waals surface area contributed by atoms with Gasteiger partial charge in [0.15, 0.2) is 0 Å².